The molecular formula is C13H17NO. The van der Waals surface area contributed by atoms with Crippen molar-refractivity contribution in [2.75, 3.05) is 20.2 Å². The third kappa shape index (κ3) is 2.46. The Hall–Kier alpha value is -1.12. The number of hydrogen-bond donors (Lipinski definition) is 1. The highest BCUT2D eigenvalue weighted by atomic mass is 16.5. The van der Waals surface area contributed by atoms with Gasteiger partial charge in [0.2, 0.25) is 0 Å². The van der Waals surface area contributed by atoms with Crippen LogP contribution in [-0.4, -0.2) is 25.8 Å². The molecule has 1 N–H and O–H groups in total. The maximum absolute atomic E-state index is 5.50. The van der Waals surface area contributed by atoms with Gasteiger partial charge < -0.3 is 10.1 Å². The second-order valence-corrected chi connectivity index (χ2v) is 4.01. The SMILES string of the molecule is COC1(C/C=C/c2ccccc2)CNC1. The number of benzene rings is 1. The Morgan fingerprint density at radius 1 is 1.33 bits per heavy atom. The molecule has 2 nitrogen and oxygen atoms in total. The minimum atomic E-state index is 0.0469. The van der Waals surface area contributed by atoms with Crippen molar-refractivity contribution in [1.29, 1.82) is 0 Å². The van der Waals surface area contributed by atoms with Crippen LogP contribution in [0.4, 0.5) is 0 Å². The van der Waals surface area contributed by atoms with E-state index in [2.05, 4.69) is 41.7 Å². The summed E-state index contributed by atoms with van der Waals surface area (Å²) in [5, 5.41) is 3.24. The number of hydrogen-bond acceptors (Lipinski definition) is 2. The molecule has 0 bridgehead atoms. The van der Waals surface area contributed by atoms with Gasteiger partial charge in [0.15, 0.2) is 0 Å². The second-order valence-electron chi connectivity index (χ2n) is 4.01. The van der Waals surface area contributed by atoms with Crippen LogP contribution in [0.2, 0.25) is 0 Å². The molecule has 1 heterocycles. The molecule has 0 radical (unpaired) electrons. The fraction of sp³-hybridized carbons (Fsp3) is 0.385. The lowest BCUT2D eigenvalue weighted by Gasteiger charge is -2.40. The van der Waals surface area contributed by atoms with E-state index in [1.165, 1.54) is 5.56 Å². The van der Waals surface area contributed by atoms with E-state index >= 15 is 0 Å². The van der Waals surface area contributed by atoms with Crippen molar-refractivity contribution in [3.8, 4) is 0 Å². The van der Waals surface area contributed by atoms with E-state index in [9.17, 15) is 0 Å². The highest BCUT2D eigenvalue weighted by Gasteiger charge is 2.35. The van der Waals surface area contributed by atoms with Gasteiger partial charge in [-0.3, -0.25) is 0 Å². The van der Waals surface area contributed by atoms with E-state index in [1.54, 1.807) is 7.11 Å². The predicted octanol–water partition coefficient (Wildman–Crippen LogP) is 2.08. The zero-order valence-corrected chi connectivity index (χ0v) is 9.07. The summed E-state index contributed by atoms with van der Waals surface area (Å²) in [6.45, 7) is 1.92. The first-order valence-corrected chi connectivity index (χ1v) is 5.32. The zero-order chi connectivity index (χ0) is 10.6. The van der Waals surface area contributed by atoms with E-state index in [1.807, 2.05) is 6.07 Å². The lowest BCUT2D eigenvalue weighted by molar-refractivity contribution is -0.0480. The minimum Gasteiger partial charge on any atom is -0.375 e. The van der Waals surface area contributed by atoms with Crippen LogP contribution in [-0.2, 0) is 4.74 Å². The standard InChI is InChI=1S/C13H17NO/c1-15-13(10-14-11-13)9-5-8-12-6-3-2-4-7-12/h2-8,14H,9-11H2,1H3/b8-5+. The largest absolute Gasteiger partial charge is 0.375 e. The van der Waals surface area contributed by atoms with E-state index in [-0.39, 0.29) is 5.60 Å². The molecule has 1 saturated heterocycles. The van der Waals surface area contributed by atoms with Crippen molar-refractivity contribution in [2.45, 2.75) is 12.0 Å². The summed E-state index contributed by atoms with van der Waals surface area (Å²) in [6, 6.07) is 10.3. The molecule has 0 atom stereocenters. The Labute approximate surface area is 91.0 Å². The molecule has 0 aromatic heterocycles. The third-order valence-electron chi connectivity index (χ3n) is 2.93. The van der Waals surface area contributed by atoms with Crippen LogP contribution in [0, 0.1) is 0 Å². The topological polar surface area (TPSA) is 21.3 Å². The second kappa shape index (κ2) is 4.60. The molecule has 0 unspecified atom stereocenters. The van der Waals surface area contributed by atoms with Crippen LogP contribution in [0.1, 0.15) is 12.0 Å². The summed E-state index contributed by atoms with van der Waals surface area (Å²) in [7, 11) is 1.79. The first-order valence-electron chi connectivity index (χ1n) is 5.32. The predicted molar refractivity (Wildman–Crippen MR) is 62.7 cm³/mol. The van der Waals surface area contributed by atoms with E-state index < -0.39 is 0 Å². The molecule has 1 aromatic carbocycles. The Balaban J connectivity index is 1.90. The van der Waals surface area contributed by atoms with Crippen LogP contribution in [0.3, 0.4) is 0 Å². The number of nitrogens with one attached hydrogen (secondary N) is 1. The minimum absolute atomic E-state index is 0.0469. The van der Waals surface area contributed by atoms with Crippen molar-refractivity contribution < 1.29 is 4.74 Å². The van der Waals surface area contributed by atoms with Crippen LogP contribution >= 0.6 is 0 Å². The summed E-state index contributed by atoms with van der Waals surface area (Å²) in [5.74, 6) is 0. The van der Waals surface area contributed by atoms with Gasteiger partial charge in [0, 0.05) is 20.2 Å². The summed E-state index contributed by atoms with van der Waals surface area (Å²) >= 11 is 0. The van der Waals surface area contributed by atoms with Gasteiger partial charge in [-0.2, -0.15) is 0 Å². The monoisotopic (exact) mass is 203 g/mol. The number of methoxy groups -OCH3 is 1. The van der Waals surface area contributed by atoms with Crippen molar-refractivity contribution in [1.82, 2.24) is 5.32 Å². The summed E-state index contributed by atoms with van der Waals surface area (Å²) in [4.78, 5) is 0. The summed E-state index contributed by atoms with van der Waals surface area (Å²) in [6.07, 6.45) is 5.32. The maximum Gasteiger partial charge on any atom is 0.0960 e. The van der Waals surface area contributed by atoms with Crippen molar-refractivity contribution >= 4 is 6.08 Å². The molecule has 0 saturated carbocycles. The van der Waals surface area contributed by atoms with Crippen molar-refractivity contribution in [3.63, 3.8) is 0 Å². The first kappa shape index (κ1) is 10.4. The molecule has 1 aromatic rings. The van der Waals surface area contributed by atoms with Crippen LogP contribution in [0.5, 0.6) is 0 Å². The number of ether oxygens (including phenoxy) is 1. The average Bonchev–Trinajstić information content (AvgIpc) is 2.24. The lowest BCUT2D eigenvalue weighted by Crippen LogP contribution is -2.60. The Morgan fingerprint density at radius 2 is 2.07 bits per heavy atom. The number of rotatable bonds is 4. The smallest absolute Gasteiger partial charge is 0.0960 e. The maximum atomic E-state index is 5.50. The fourth-order valence-electron chi connectivity index (χ4n) is 1.75. The zero-order valence-electron chi connectivity index (χ0n) is 9.07. The quantitative estimate of drug-likeness (QED) is 0.809. The Kier molecular flexibility index (Phi) is 3.19. The normalized spacial score (nSPS) is 19.0. The average molecular weight is 203 g/mol. The van der Waals surface area contributed by atoms with Gasteiger partial charge in [-0.15, -0.1) is 0 Å². The molecular weight excluding hydrogens is 186 g/mol. The van der Waals surface area contributed by atoms with Crippen LogP contribution in [0.25, 0.3) is 6.08 Å². The van der Waals surface area contributed by atoms with Gasteiger partial charge in [0.05, 0.1) is 5.60 Å². The third-order valence-corrected chi connectivity index (χ3v) is 2.93. The van der Waals surface area contributed by atoms with Gasteiger partial charge in [-0.05, 0) is 12.0 Å². The molecule has 0 spiro atoms. The highest BCUT2D eigenvalue weighted by Crippen LogP contribution is 2.21. The molecule has 2 heteroatoms. The molecule has 0 amide bonds. The fourth-order valence-corrected chi connectivity index (χ4v) is 1.75. The lowest BCUT2D eigenvalue weighted by atomic mass is 9.92. The summed E-state index contributed by atoms with van der Waals surface area (Å²) in [5.41, 5.74) is 1.29. The Morgan fingerprint density at radius 3 is 2.60 bits per heavy atom. The molecule has 0 aliphatic carbocycles. The molecule has 1 aliphatic rings. The first-order chi connectivity index (χ1) is 7.35. The van der Waals surface area contributed by atoms with Crippen molar-refractivity contribution in [2.24, 2.45) is 0 Å². The van der Waals surface area contributed by atoms with Gasteiger partial charge in [-0.25, -0.2) is 0 Å². The van der Waals surface area contributed by atoms with Gasteiger partial charge in [0.25, 0.3) is 0 Å². The van der Waals surface area contributed by atoms with Crippen LogP contribution < -0.4 is 5.32 Å². The molecule has 15 heavy (non-hydrogen) atoms. The summed E-state index contributed by atoms with van der Waals surface area (Å²) < 4.78 is 5.50. The van der Waals surface area contributed by atoms with Gasteiger partial charge in [0.1, 0.15) is 0 Å². The van der Waals surface area contributed by atoms with Crippen molar-refractivity contribution in [3.05, 3.63) is 42.0 Å². The molecule has 1 fully saturated rings. The molecule has 2 rings (SSSR count). The van der Waals surface area contributed by atoms with Gasteiger partial charge in [-0.1, -0.05) is 42.5 Å². The van der Waals surface area contributed by atoms with Gasteiger partial charge >= 0.3 is 0 Å². The molecule has 80 valence electrons. The van der Waals surface area contributed by atoms with E-state index in [0.717, 1.165) is 19.5 Å². The van der Waals surface area contributed by atoms with Crippen LogP contribution in [0.15, 0.2) is 36.4 Å². The Bertz CT molecular complexity index is 322. The highest BCUT2D eigenvalue weighted by molar-refractivity contribution is 5.48. The van der Waals surface area contributed by atoms with E-state index in [0.29, 0.717) is 0 Å². The van der Waals surface area contributed by atoms with E-state index in [4.69, 9.17) is 4.74 Å². The molecule has 1 aliphatic heterocycles.